The maximum Gasteiger partial charge on any atom is 0.293 e. The summed E-state index contributed by atoms with van der Waals surface area (Å²) in [7, 11) is 1.78. The zero-order valence-corrected chi connectivity index (χ0v) is 15.8. The highest BCUT2D eigenvalue weighted by Gasteiger charge is 2.24. The van der Waals surface area contributed by atoms with Gasteiger partial charge in [0.25, 0.3) is 11.6 Å². The normalized spacial score (nSPS) is 14.3. The fourth-order valence-electron chi connectivity index (χ4n) is 2.83. The van der Waals surface area contributed by atoms with E-state index in [1.165, 1.54) is 17.4 Å². The third kappa shape index (κ3) is 4.14. The number of nitro groups is 1. The first-order valence-electron chi connectivity index (χ1n) is 8.06. The first kappa shape index (κ1) is 18.6. The number of nitrogens with zero attached hydrogens (tertiary/aromatic N) is 3. The van der Waals surface area contributed by atoms with Crippen molar-refractivity contribution in [3.8, 4) is 0 Å². The lowest BCUT2D eigenvalue weighted by atomic mass is 10.1. The predicted molar refractivity (Wildman–Crippen MR) is 101 cm³/mol. The van der Waals surface area contributed by atoms with Crippen molar-refractivity contribution in [2.24, 2.45) is 0 Å². The molecule has 9 heteroatoms. The van der Waals surface area contributed by atoms with Crippen LogP contribution in [0.2, 0.25) is 4.34 Å². The second-order valence-corrected chi connectivity index (χ2v) is 7.73. The van der Waals surface area contributed by atoms with Crippen LogP contribution in [0.5, 0.6) is 0 Å². The summed E-state index contributed by atoms with van der Waals surface area (Å²) >= 11 is 7.37. The number of rotatable bonds is 5. The van der Waals surface area contributed by atoms with E-state index in [0.29, 0.717) is 48.4 Å². The fraction of sp³-hybridized carbons (Fsp3) is 0.353. The van der Waals surface area contributed by atoms with E-state index in [0.717, 1.165) is 4.88 Å². The number of amides is 1. The van der Waals surface area contributed by atoms with E-state index in [1.807, 2.05) is 6.07 Å². The maximum absolute atomic E-state index is 12.6. The number of carbonyl (C=O) groups is 1. The van der Waals surface area contributed by atoms with Gasteiger partial charge in [0.2, 0.25) is 0 Å². The van der Waals surface area contributed by atoms with Gasteiger partial charge >= 0.3 is 0 Å². The molecule has 0 spiro atoms. The smallest absolute Gasteiger partial charge is 0.293 e. The molecule has 0 atom stereocenters. The van der Waals surface area contributed by atoms with Gasteiger partial charge in [-0.3, -0.25) is 14.9 Å². The van der Waals surface area contributed by atoms with Crippen LogP contribution in [0, 0.1) is 10.1 Å². The molecule has 1 saturated heterocycles. The summed E-state index contributed by atoms with van der Waals surface area (Å²) in [5.41, 5.74) is 0.683. The Hall–Kier alpha value is -2.16. The van der Waals surface area contributed by atoms with Crippen molar-refractivity contribution < 1.29 is 14.5 Å². The van der Waals surface area contributed by atoms with Crippen molar-refractivity contribution in [2.45, 2.75) is 6.54 Å². The number of benzene rings is 1. The van der Waals surface area contributed by atoms with E-state index in [9.17, 15) is 14.9 Å². The topological polar surface area (TPSA) is 75.9 Å². The molecule has 0 saturated carbocycles. The maximum atomic E-state index is 12.6. The number of hydrogen-bond donors (Lipinski definition) is 0. The molecule has 2 heterocycles. The lowest BCUT2D eigenvalue weighted by Gasteiger charge is -2.27. The molecule has 1 fully saturated rings. The summed E-state index contributed by atoms with van der Waals surface area (Å²) in [4.78, 5) is 28.1. The standard InChI is InChI=1S/C17H18ClN3O4S/c1-19(11-13-3-5-16(18)26-13)14-4-2-12(10-15(14)21(23)24)17(22)20-6-8-25-9-7-20/h2-5,10H,6-9,11H2,1H3. The van der Waals surface area contributed by atoms with E-state index in [4.69, 9.17) is 16.3 Å². The average molecular weight is 396 g/mol. The SMILES string of the molecule is CN(Cc1ccc(Cl)s1)c1ccc(C(=O)N2CCOCC2)cc1[N+](=O)[O-]. The number of nitro benzene ring substituents is 1. The highest BCUT2D eigenvalue weighted by molar-refractivity contribution is 7.16. The molecular formula is C17H18ClN3O4S. The van der Waals surface area contributed by atoms with Gasteiger partial charge in [-0.15, -0.1) is 11.3 Å². The van der Waals surface area contributed by atoms with Crippen LogP contribution in [0.25, 0.3) is 0 Å². The molecule has 26 heavy (non-hydrogen) atoms. The van der Waals surface area contributed by atoms with Crippen LogP contribution in [0.15, 0.2) is 30.3 Å². The van der Waals surface area contributed by atoms with Gasteiger partial charge in [0.1, 0.15) is 5.69 Å². The van der Waals surface area contributed by atoms with Crippen molar-refractivity contribution in [3.05, 3.63) is 55.2 Å². The summed E-state index contributed by atoms with van der Waals surface area (Å²) in [6.07, 6.45) is 0. The van der Waals surface area contributed by atoms with Gasteiger partial charge in [0.05, 0.1) is 29.0 Å². The Labute approximate surface area is 159 Å². The lowest BCUT2D eigenvalue weighted by Crippen LogP contribution is -2.40. The molecule has 7 nitrogen and oxygen atoms in total. The van der Waals surface area contributed by atoms with Crippen molar-refractivity contribution >= 4 is 40.2 Å². The molecular weight excluding hydrogens is 378 g/mol. The van der Waals surface area contributed by atoms with Gasteiger partial charge in [0.15, 0.2) is 0 Å². The first-order chi connectivity index (χ1) is 12.5. The monoisotopic (exact) mass is 395 g/mol. The highest BCUT2D eigenvalue weighted by atomic mass is 35.5. The quantitative estimate of drug-likeness (QED) is 0.572. The molecule has 3 rings (SSSR count). The third-order valence-electron chi connectivity index (χ3n) is 4.15. The number of morpholine rings is 1. The van der Waals surface area contributed by atoms with E-state index >= 15 is 0 Å². The zero-order chi connectivity index (χ0) is 18.7. The Morgan fingerprint density at radius 3 is 2.69 bits per heavy atom. The van der Waals surface area contributed by atoms with Gasteiger partial charge in [-0.1, -0.05) is 11.6 Å². The Morgan fingerprint density at radius 2 is 2.08 bits per heavy atom. The van der Waals surface area contributed by atoms with Crippen LogP contribution < -0.4 is 4.90 Å². The fourth-order valence-corrected chi connectivity index (χ4v) is 3.97. The molecule has 1 amide bonds. The molecule has 0 radical (unpaired) electrons. The summed E-state index contributed by atoms with van der Waals surface area (Å²) in [6, 6.07) is 8.31. The van der Waals surface area contributed by atoms with Gasteiger partial charge in [-0.05, 0) is 24.3 Å². The molecule has 0 N–H and O–H groups in total. The van der Waals surface area contributed by atoms with Crippen molar-refractivity contribution in [1.29, 1.82) is 0 Å². The number of anilines is 1. The summed E-state index contributed by atoms with van der Waals surface area (Å²) in [6.45, 7) is 2.45. The molecule has 0 bridgehead atoms. The molecule has 1 aromatic heterocycles. The van der Waals surface area contributed by atoms with E-state index in [2.05, 4.69) is 0 Å². The van der Waals surface area contributed by atoms with Crippen LogP contribution in [0.1, 0.15) is 15.2 Å². The lowest BCUT2D eigenvalue weighted by molar-refractivity contribution is -0.384. The van der Waals surface area contributed by atoms with Crippen LogP contribution in [-0.4, -0.2) is 49.1 Å². The largest absolute Gasteiger partial charge is 0.378 e. The average Bonchev–Trinajstić information content (AvgIpc) is 3.06. The highest BCUT2D eigenvalue weighted by Crippen LogP contribution is 2.31. The molecule has 2 aromatic rings. The van der Waals surface area contributed by atoms with Crippen LogP contribution >= 0.6 is 22.9 Å². The predicted octanol–water partition coefficient (Wildman–Crippen LogP) is 3.42. The molecule has 138 valence electrons. The van der Waals surface area contributed by atoms with E-state index in [-0.39, 0.29) is 11.6 Å². The van der Waals surface area contributed by atoms with Gasteiger partial charge < -0.3 is 14.5 Å². The minimum absolute atomic E-state index is 0.0886. The summed E-state index contributed by atoms with van der Waals surface area (Å²) in [5, 5.41) is 11.5. The number of ether oxygens (including phenoxy) is 1. The molecule has 0 unspecified atom stereocenters. The van der Waals surface area contributed by atoms with Crippen LogP contribution in [-0.2, 0) is 11.3 Å². The van der Waals surface area contributed by atoms with Gasteiger partial charge in [0, 0.05) is 36.6 Å². The molecule has 0 aliphatic carbocycles. The van der Waals surface area contributed by atoms with Crippen molar-refractivity contribution in [2.75, 3.05) is 38.3 Å². The van der Waals surface area contributed by atoms with Crippen LogP contribution in [0.4, 0.5) is 11.4 Å². The van der Waals surface area contributed by atoms with Crippen molar-refractivity contribution in [3.63, 3.8) is 0 Å². The Bertz CT molecular complexity index is 820. The van der Waals surface area contributed by atoms with E-state index < -0.39 is 4.92 Å². The minimum Gasteiger partial charge on any atom is -0.378 e. The summed E-state index contributed by atoms with van der Waals surface area (Å²) < 4.78 is 5.91. The molecule has 1 aliphatic rings. The van der Waals surface area contributed by atoms with Gasteiger partial charge in [-0.2, -0.15) is 0 Å². The molecule has 1 aromatic carbocycles. The van der Waals surface area contributed by atoms with Crippen LogP contribution in [0.3, 0.4) is 0 Å². The third-order valence-corrected chi connectivity index (χ3v) is 5.37. The Morgan fingerprint density at radius 1 is 1.35 bits per heavy atom. The summed E-state index contributed by atoms with van der Waals surface area (Å²) in [5.74, 6) is -0.212. The van der Waals surface area contributed by atoms with E-state index in [1.54, 1.807) is 35.0 Å². The Kier molecular flexibility index (Phi) is 5.75. The number of hydrogen-bond acceptors (Lipinski definition) is 6. The number of halogens is 1. The second kappa shape index (κ2) is 8.03. The Balaban J connectivity index is 1.84. The molecule has 1 aliphatic heterocycles. The zero-order valence-electron chi connectivity index (χ0n) is 14.2. The van der Waals surface area contributed by atoms with Gasteiger partial charge in [-0.25, -0.2) is 0 Å². The number of thiophene rings is 1. The number of carbonyl (C=O) groups excluding carboxylic acids is 1. The van der Waals surface area contributed by atoms with Crippen molar-refractivity contribution in [1.82, 2.24) is 4.90 Å². The minimum atomic E-state index is -0.455. The second-order valence-electron chi connectivity index (χ2n) is 5.93. The first-order valence-corrected chi connectivity index (χ1v) is 9.26.